The number of nitrogens with one attached hydrogen (secondary N) is 2. The molecule has 0 amide bonds. The molecule has 0 bridgehead atoms. The van der Waals surface area contributed by atoms with Crippen molar-refractivity contribution in [3.63, 3.8) is 0 Å². The minimum Gasteiger partial charge on any atom is -0.369 e. The molecule has 0 saturated carbocycles. The van der Waals surface area contributed by atoms with Crippen molar-refractivity contribution < 1.29 is 4.39 Å². The number of pyridine rings is 1. The SMILES string of the molecule is Fc1ccc2c(C3CCCN(CCNc4ccccn4)C3)c[nH]c2c1. The molecule has 4 nitrogen and oxygen atoms in total. The van der Waals surface area contributed by atoms with E-state index in [-0.39, 0.29) is 5.82 Å². The van der Waals surface area contributed by atoms with Crippen molar-refractivity contribution in [2.24, 2.45) is 0 Å². The quantitative estimate of drug-likeness (QED) is 0.739. The molecule has 1 fully saturated rings. The first-order valence-corrected chi connectivity index (χ1v) is 8.93. The zero-order valence-electron chi connectivity index (χ0n) is 14.2. The first kappa shape index (κ1) is 16.1. The van der Waals surface area contributed by atoms with Crippen LogP contribution in [0.3, 0.4) is 0 Å². The van der Waals surface area contributed by atoms with E-state index in [0.717, 1.165) is 42.9 Å². The van der Waals surface area contributed by atoms with Gasteiger partial charge >= 0.3 is 0 Å². The van der Waals surface area contributed by atoms with Crippen LogP contribution in [0.15, 0.2) is 48.8 Å². The number of benzene rings is 1. The largest absolute Gasteiger partial charge is 0.369 e. The second-order valence-electron chi connectivity index (χ2n) is 6.72. The fourth-order valence-electron chi connectivity index (χ4n) is 3.78. The summed E-state index contributed by atoms with van der Waals surface area (Å²) >= 11 is 0. The molecule has 0 aliphatic carbocycles. The summed E-state index contributed by atoms with van der Waals surface area (Å²) in [4.78, 5) is 10.0. The number of aromatic nitrogens is 2. The maximum absolute atomic E-state index is 13.4. The van der Waals surface area contributed by atoms with Crippen molar-refractivity contribution in [1.29, 1.82) is 0 Å². The molecule has 2 aromatic heterocycles. The molecule has 3 aromatic rings. The highest BCUT2D eigenvalue weighted by Crippen LogP contribution is 2.32. The number of rotatable bonds is 5. The van der Waals surface area contributed by atoms with Crippen molar-refractivity contribution in [1.82, 2.24) is 14.9 Å². The zero-order chi connectivity index (χ0) is 17.1. The van der Waals surface area contributed by atoms with Crippen molar-refractivity contribution in [2.45, 2.75) is 18.8 Å². The van der Waals surface area contributed by atoms with Gasteiger partial charge in [0.1, 0.15) is 11.6 Å². The van der Waals surface area contributed by atoms with Crippen LogP contribution in [0.2, 0.25) is 0 Å². The highest BCUT2D eigenvalue weighted by atomic mass is 19.1. The number of H-pyrrole nitrogens is 1. The zero-order valence-corrected chi connectivity index (χ0v) is 14.2. The van der Waals surface area contributed by atoms with Gasteiger partial charge in [0.15, 0.2) is 0 Å². The first-order valence-electron chi connectivity index (χ1n) is 8.93. The molecule has 25 heavy (non-hydrogen) atoms. The molecule has 0 spiro atoms. The van der Waals surface area contributed by atoms with Crippen LogP contribution in [0.5, 0.6) is 0 Å². The molecule has 1 saturated heterocycles. The summed E-state index contributed by atoms with van der Waals surface area (Å²) in [5.41, 5.74) is 2.21. The van der Waals surface area contributed by atoms with Gasteiger partial charge in [-0.05, 0) is 61.2 Å². The van der Waals surface area contributed by atoms with E-state index in [1.165, 1.54) is 18.4 Å². The number of fused-ring (bicyclic) bond motifs is 1. The Balaban J connectivity index is 1.38. The maximum Gasteiger partial charge on any atom is 0.125 e. The topological polar surface area (TPSA) is 44.0 Å². The number of aromatic amines is 1. The summed E-state index contributed by atoms with van der Waals surface area (Å²) in [6.45, 7) is 4.08. The lowest BCUT2D eigenvalue weighted by molar-refractivity contribution is 0.215. The average Bonchev–Trinajstić information content (AvgIpc) is 3.06. The molecule has 5 heteroatoms. The van der Waals surface area contributed by atoms with Gasteiger partial charge in [0.2, 0.25) is 0 Å². The summed E-state index contributed by atoms with van der Waals surface area (Å²) in [5, 5.41) is 4.53. The Hall–Kier alpha value is -2.40. The van der Waals surface area contributed by atoms with E-state index >= 15 is 0 Å². The number of likely N-dealkylation sites (tertiary alicyclic amines) is 1. The van der Waals surface area contributed by atoms with E-state index in [1.54, 1.807) is 18.3 Å². The first-order chi connectivity index (χ1) is 12.3. The Kier molecular flexibility index (Phi) is 4.65. The Morgan fingerprint density at radius 1 is 1.28 bits per heavy atom. The van der Waals surface area contributed by atoms with Crippen LogP contribution in [0.25, 0.3) is 10.9 Å². The van der Waals surface area contributed by atoms with Crippen LogP contribution in [0.1, 0.15) is 24.3 Å². The molecule has 1 unspecified atom stereocenters. The Bertz CT molecular complexity index is 830. The molecule has 1 aliphatic rings. The van der Waals surface area contributed by atoms with Crippen LogP contribution >= 0.6 is 0 Å². The Morgan fingerprint density at radius 2 is 2.24 bits per heavy atom. The summed E-state index contributed by atoms with van der Waals surface area (Å²) in [6.07, 6.45) is 6.25. The Labute approximate surface area is 147 Å². The van der Waals surface area contributed by atoms with Gasteiger partial charge < -0.3 is 15.2 Å². The van der Waals surface area contributed by atoms with Gasteiger partial charge in [0.05, 0.1) is 0 Å². The van der Waals surface area contributed by atoms with Crippen molar-refractivity contribution in [3.8, 4) is 0 Å². The molecule has 3 heterocycles. The number of anilines is 1. The fourth-order valence-corrected chi connectivity index (χ4v) is 3.78. The predicted molar refractivity (Wildman–Crippen MR) is 99.4 cm³/mol. The predicted octanol–water partition coefficient (Wildman–Crippen LogP) is 3.99. The molecular weight excluding hydrogens is 315 g/mol. The molecule has 4 rings (SSSR count). The van der Waals surface area contributed by atoms with Gasteiger partial charge in [-0.15, -0.1) is 0 Å². The van der Waals surface area contributed by atoms with Crippen LogP contribution in [0, 0.1) is 5.82 Å². The number of hydrogen-bond acceptors (Lipinski definition) is 3. The van der Waals surface area contributed by atoms with Crippen molar-refractivity contribution in [3.05, 3.63) is 60.2 Å². The second kappa shape index (κ2) is 7.23. The standard InChI is InChI=1S/C20H23FN4/c21-16-6-7-17-18(13-24-19(17)12-16)15-4-3-10-25(14-15)11-9-23-20-5-1-2-8-22-20/h1-2,5-8,12-13,15,24H,3-4,9-11,14H2,(H,22,23). The van der Waals surface area contributed by atoms with E-state index in [9.17, 15) is 4.39 Å². The molecular formula is C20H23FN4. The summed E-state index contributed by atoms with van der Waals surface area (Å²) < 4.78 is 13.4. The summed E-state index contributed by atoms with van der Waals surface area (Å²) in [7, 11) is 0. The van der Waals surface area contributed by atoms with Gasteiger partial charge in [-0.1, -0.05) is 6.07 Å². The van der Waals surface area contributed by atoms with Gasteiger partial charge in [-0.2, -0.15) is 0 Å². The lowest BCUT2D eigenvalue weighted by atomic mass is 9.90. The maximum atomic E-state index is 13.4. The third-order valence-electron chi connectivity index (χ3n) is 5.02. The number of piperidine rings is 1. The normalized spacial score (nSPS) is 18.5. The van der Waals surface area contributed by atoms with E-state index < -0.39 is 0 Å². The lowest BCUT2D eigenvalue weighted by Crippen LogP contribution is -2.37. The van der Waals surface area contributed by atoms with Crippen LogP contribution in [-0.4, -0.2) is 41.0 Å². The fraction of sp³-hybridized carbons (Fsp3) is 0.350. The van der Waals surface area contributed by atoms with Gasteiger partial charge in [0.25, 0.3) is 0 Å². The van der Waals surface area contributed by atoms with Gasteiger partial charge in [-0.25, -0.2) is 9.37 Å². The van der Waals surface area contributed by atoms with Gasteiger partial charge in [0, 0.05) is 42.9 Å². The number of hydrogen-bond donors (Lipinski definition) is 2. The van der Waals surface area contributed by atoms with Crippen molar-refractivity contribution in [2.75, 3.05) is 31.5 Å². The number of halogens is 1. The minimum absolute atomic E-state index is 0.188. The van der Waals surface area contributed by atoms with Crippen LogP contribution in [0.4, 0.5) is 10.2 Å². The summed E-state index contributed by atoms with van der Waals surface area (Å²) in [6, 6.07) is 10.9. The smallest absolute Gasteiger partial charge is 0.125 e. The number of nitrogens with zero attached hydrogens (tertiary/aromatic N) is 2. The van der Waals surface area contributed by atoms with Crippen LogP contribution in [-0.2, 0) is 0 Å². The molecule has 1 atom stereocenters. The monoisotopic (exact) mass is 338 g/mol. The second-order valence-corrected chi connectivity index (χ2v) is 6.72. The molecule has 2 N–H and O–H groups in total. The molecule has 130 valence electrons. The van der Waals surface area contributed by atoms with E-state index in [4.69, 9.17) is 0 Å². The van der Waals surface area contributed by atoms with E-state index in [2.05, 4.69) is 26.4 Å². The minimum atomic E-state index is -0.188. The molecule has 1 aromatic carbocycles. The lowest BCUT2D eigenvalue weighted by Gasteiger charge is -2.32. The summed E-state index contributed by atoms with van der Waals surface area (Å²) in [5.74, 6) is 1.24. The third kappa shape index (κ3) is 3.66. The Morgan fingerprint density at radius 3 is 3.12 bits per heavy atom. The van der Waals surface area contributed by atoms with E-state index in [1.807, 2.05) is 24.3 Å². The molecule has 1 aliphatic heterocycles. The van der Waals surface area contributed by atoms with E-state index in [0.29, 0.717) is 5.92 Å². The van der Waals surface area contributed by atoms with Gasteiger partial charge in [-0.3, -0.25) is 0 Å². The average molecular weight is 338 g/mol. The van der Waals surface area contributed by atoms with Crippen molar-refractivity contribution >= 4 is 16.7 Å². The highest BCUT2D eigenvalue weighted by Gasteiger charge is 2.23. The highest BCUT2D eigenvalue weighted by molar-refractivity contribution is 5.83. The van der Waals surface area contributed by atoms with Crippen LogP contribution < -0.4 is 5.32 Å². The third-order valence-corrected chi connectivity index (χ3v) is 5.02. The molecule has 0 radical (unpaired) electrons.